The predicted octanol–water partition coefficient (Wildman–Crippen LogP) is 3.78. The van der Waals surface area contributed by atoms with Crippen molar-refractivity contribution in [2.45, 2.75) is 6.61 Å². The van der Waals surface area contributed by atoms with Crippen LogP contribution in [0.15, 0.2) is 36.4 Å². The molecule has 2 aromatic rings. The van der Waals surface area contributed by atoms with Crippen molar-refractivity contribution in [1.29, 1.82) is 0 Å². The number of benzene rings is 2. The number of hydrogen-bond acceptors (Lipinski definition) is 2. The molecule has 0 spiro atoms. The molecule has 0 saturated heterocycles. The summed E-state index contributed by atoms with van der Waals surface area (Å²) in [5.74, 6) is -1.38. The zero-order chi connectivity index (χ0) is 13.1. The molecule has 0 unspecified atom stereocenters. The first-order valence-electron chi connectivity index (χ1n) is 5.18. The second-order valence-corrected chi connectivity index (χ2v) is 4.08. The van der Waals surface area contributed by atoms with Crippen molar-refractivity contribution in [3.05, 3.63) is 58.6 Å². The molecule has 2 nitrogen and oxygen atoms in total. The van der Waals surface area contributed by atoms with E-state index in [1.54, 1.807) is 18.2 Å². The van der Waals surface area contributed by atoms with Crippen LogP contribution in [-0.2, 0) is 6.61 Å². The number of nitrogen functional groups attached to an aromatic ring is 1. The Morgan fingerprint density at radius 1 is 1.17 bits per heavy atom. The molecule has 94 valence electrons. The second kappa shape index (κ2) is 5.23. The molecule has 5 heteroatoms. The largest absolute Gasteiger partial charge is 0.486 e. The van der Waals surface area contributed by atoms with Gasteiger partial charge in [-0.3, -0.25) is 0 Å². The third-order valence-electron chi connectivity index (χ3n) is 2.42. The fourth-order valence-corrected chi connectivity index (χ4v) is 1.70. The Labute approximate surface area is 108 Å². The van der Waals surface area contributed by atoms with Gasteiger partial charge in [0.1, 0.15) is 12.4 Å². The summed E-state index contributed by atoms with van der Waals surface area (Å²) in [6, 6.07) is 8.00. The molecule has 2 aromatic carbocycles. The van der Waals surface area contributed by atoms with E-state index in [0.29, 0.717) is 16.3 Å². The smallest absolute Gasteiger partial charge is 0.165 e. The van der Waals surface area contributed by atoms with Crippen molar-refractivity contribution < 1.29 is 13.5 Å². The van der Waals surface area contributed by atoms with Crippen LogP contribution in [0.5, 0.6) is 5.75 Å². The summed E-state index contributed by atoms with van der Waals surface area (Å²) in [6.45, 7) is -0.0219. The fourth-order valence-electron chi connectivity index (χ4n) is 1.47. The molecule has 0 aliphatic carbocycles. The van der Waals surface area contributed by atoms with Crippen molar-refractivity contribution in [1.82, 2.24) is 0 Å². The van der Waals surface area contributed by atoms with Crippen LogP contribution in [0.25, 0.3) is 0 Å². The summed E-state index contributed by atoms with van der Waals surface area (Å²) in [5.41, 5.74) is 6.71. The molecule has 0 saturated carbocycles. The first-order valence-corrected chi connectivity index (χ1v) is 5.56. The summed E-state index contributed by atoms with van der Waals surface area (Å²) in [7, 11) is 0. The van der Waals surface area contributed by atoms with E-state index < -0.39 is 11.6 Å². The molecule has 0 aromatic heterocycles. The Morgan fingerprint density at radius 2 is 1.94 bits per heavy atom. The minimum atomic E-state index is -0.637. The highest BCUT2D eigenvalue weighted by Crippen LogP contribution is 2.25. The summed E-state index contributed by atoms with van der Waals surface area (Å²) in [6.07, 6.45) is 0. The number of hydrogen-bond donors (Lipinski definition) is 1. The van der Waals surface area contributed by atoms with Crippen LogP contribution in [0.3, 0.4) is 0 Å². The normalized spacial score (nSPS) is 10.4. The first-order chi connectivity index (χ1) is 8.58. The lowest BCUT2D eigenvalue weighted by Crippen LogP contribution is -2.02. The Balaban J connectivity index is 2.19. The Bertz CT molecular complexity index is 555. The fraction of sp³-hybridized carbons (Fsp3) is 0.0769. The summed E-state index contributed by atoms with van der Waals surface area (Å²) in [5, 5.41) is 0.423. The second-order valence-electron chi connectivity index (χ2n) is 3.67. The quantitative estimate of drug-likeness (QED) is 0.861. The van der Waals surface area contributed by atoms with Gasteiger partial charge in [0.15, 0.2) is 11.6 Å². The summed E-state index contributed by atoms with van der Waals surface area (Å²) < 4.78 is 31.4. The summed E-state index contributed by atoms with van der Waals surface area (Å²) in [4.78, 5) is 0. The maximum absolute atomic E-state index is 13.3. The molecule has 0 amide bonds. The zero-order valence-electron chi connectivity index (χ0n) is 9.29. The molecule has 0 aliphatic heterocycles. The monoisotopic (exact) mass is 269 g/mol. The first kappa shape index (κ1) is 12.6. The van der Waals surface area contributed by atoms with Crippen molar-refractivity contribution in [3.63, 3.8) is 0 Å². The molecule has 0 bridgehead atoms. The average Bonchev–Trinajstić information content (AvgIpc) is 2.33. The van der Waals surface area contributed by atoms with Gasteiger partial charge >= 0.3 is 0 Å². The van der Waals surface area contributed by atoms with E-state index in [1.807, 2.05) is 0 Å². The molecular weight excluding hydrogens is 260 g/mol. The Hall–Kier alpha value is -1.81. The van der Waals surface area contributed by atoms with E-state index >= 15 is 0 Å². The molecule has 2 rings (SSSR count). The minimum absolute atomic E-state index is 0.0219. The number of rotatable bonds is 3. The third-order valence-corrected chi connectivity index (χ3v) is 2.77. The lowest BCUT2D eigenvalue weighted by Gasteiger charge is -2.10. The van der Waals surface area contributed by atoms with Crippen molar-refractivity contribution in [3.8, 4) is 5.75 Å². The number of halogens is 3. The Kier molecular flexibility index (Phi) is 3.67. The predicted molar refractivity (Wildman–Crippen MR) is 66.6 cm³/mol. The van der Waals surface area contributed by atoms with E-state index in [2.05, 4.69) is 0 Å². The van der Waals surface area contributed by atoms with Crippen LogP contribution in [0, 0.1) is 11.6 Å². The topological polar surface area (TPSA) is 35.2 Å². The van der Waals surface area contributed by atoms with Gasteiger partial charge in [-0.05, 0) is 24.3 Å². The standard InChI is InChI=1S/C13H10ClF2NO/c14-10-2-1-3-12(17)9(10)7-18-13-6-8(15)4-5-11(13)16/h1-6H,7,17H2. The van der Waals surface area contributed by atoms with E-state index in [4.69, 9.17) is 22.1 Å². The highest BCUT2D eigenvalue weighted by Gasteiger charge is 2.09. The van der Waals surface area contributed by atoms with Crippen LogP contribution in [0.2, 0.25) is 5.02 Å². The molecule has 0 atom stereocenters. The number of nitrogens with two attached hydrogens (primary N) is 1. The van der Waals surface area contributed by atoms with Gasteiger partial charge in [0, 0.05) is 22.3 Å². The van der Waals surface area contributed by atoms with Gasteiger partial charge in [-0.2, -0.15) is 0 Å². The Morgan fingerprint density at radius 3 is 2.67 bits per heavy atom. The maximum atomic E-state index is 13.3. The lowest BCUT2D eigenvalue weighted by atomic mass is 10.2. The molecule has 0 radical (unpaired) electrons. The van der Waals surface area contributed by atoms with Crippen LogP contribution in [0.1, 0.15) is 5.56 Å². The molecule has 18 heavy (non-hydrogen) atoms. The SMILES string of the molecule is Nc1cccc(Cl)c1COc1cc(F)ccc1F. The van der Waals surface area contributed by atoms with Crippen LogP contribution in [0.4, 0.5) is 14.5 Å². The van der Waals surface area contributed by atoms with Gasteiger partial charge in [-0.1, -0.05) is 17.7 Å². The number of ether oxygens (including phenoxy) is 1. The molecule has 0 heterocycles. The van der Waals surface area contributed by atoms with Crippen molar-refractivity contribution in [2.24, 2.45) is 0 Å². The molecule has 2 N–H and O–H groups in total. The van der Waals surface area contributed by atoms with E-state index in [-0.39, 0.29) is 12.4 Å². The van der Waals surface area contributed by atoms with Crippen LogP contribution < -0.4 is 10.5 Å². The molecular formula is C13H10ClF2NO. The molecule has 0 aliphatic rings. The van der Waals surface area contributed by atoms with Gasteiger partial charge < -0.3 is 10.5 Å². The average molecular weight is 270 g/mol. The van der Waals surface area contributed by atoms with E-state index in [0.717, 1.165) is 18.2 Å². The maximum Gasteiger partial charge on any atom is 0.165 e. The van der Waals surface area contributed by atoms with Crippen LogP contribution in [-0.4, -0.2) is 0 Å². The van der Waals surface area contributed by atoms with Gasteiger partial charge in [-0.25, -0.2) is 8.78 Å². The van der Waals surface area contributed by atoms with Gasteiger partial charge in [-0.15, -0.1) is 0 Å². The highest BCUT2D eigenvalue weighted by molar-refractivity contribution is 6.31. The van der Waals surface area contributed by atoms with Gasteiger partial charge in [0.25, 0.3) is 0 Å². The summed E-state index contributed by atoms with van der Waals surface area (Å²) >= 11 is 5.94. The van der Waals surface area contributed by atoms with Crippen molar-refractivity contribution >= 4 is 17.3 Å². The van der Waals surface area contributed by atoms with E-state index in [1.165, 1.54) is 0 Å². The van der Waals surface area contributed by atoms with Gasteiger partial charge in [0.05, 0.1) is 0 Å². The van der Waals surface area contributed by atoms with Crippen LogP contribution >= 0.6 is 11.6 Å². The third kappa shape index (κ3) is 2.71. The number of anilines is 1. The molecule has 0 fully saturated rings. The minimum Gasteiger partial charge on any atom is -0.486 e. The highest BCUT2D eigenvalue weighted by atomic mass is 35.5. The van der Waals surface area contributed by atoms with Gasteiger partial charge in [0.2, 0.25) is 0 Å². The van der Waals surface area contributed by atoms with Crippen molar-refractivity contribution in [2.75, 3.05) is 5.73 Å². The lowest BCUT2D eigenvalue weighted by molar-refractivity contribution is 0.289. The zero-order valence-corrected chi connectivity index (χ0v) is 10.0. The van der Waals surface area contributed by atoms with E-state index in [9.17, 15) is 8.78 Å².